The van der Waals surface area contributed by atoms with Crippen molar-refractivity contribution < 1.29 is 9.21 Å². The molecule has 1 amide bonds. The number of carbonyl (C=O) groups excluding carboxylic acids is 1. The summed E-state index contributed by atoms with van der Waals surface area (Å²) >= 11 is 1.50. The minimum Gasteiger partial charge on any atom is -0.472 e. The van der Waals surface area contributed by atoms with Crippen LogP contribution < -0.4 is 10.6 Å². The maximum absolute atomic E-state index is 12.1. The van der Waals surface area contributed by atoms with Crippen molar-refractivity contribution in [2.24, 2.45) is 5.41 Å². The Bertz CT molecular complexity index is 760. The van der Waals surface area contributed by atoms with Gasteiger partial charge in [-0.2, -0.15) is 4.37 Å². The van der Waals surface area contributed by atoms with Gasteiger partial charge in [0.2, 0.25) is 5.13 Å². The highest BCUT2D eigenvalue weighted by Gasteiger charge is 2.55. The van der Waals surface area contributed by atoms with Gasteiger partial charge in [-0.05, 0) is 56.4 Å². The fourth-order valence-electron chi connectivity index (χ4n) is 4.05. The Balaban J connectivity index is 1.12. The Kier molecular flexibility index (Phi) is 3.58. The van der Waals surface area contributed by atoms with Crippen LogP contribution in [0.15, 0.2) is 23.0 Å². The number of rotatable bonds is 5. The molecule has 2 N–H and O–H groups in total. The second kappa shape index (κ2) is 5.83. The molecule has 0 aliphatic heterocycles. The molecular formula is C18H22N4O2S. The van der Waals surface area contributed by atoms with Gasteiger partial charge in [0.15, 0.2) is 0 Å². The van der Waals surface area contributed by atoms with Crippen LogP contribution in [-0.2, 0) is 0 Å². The average Bonchev–Trinajstić information content (AvgIpc) is 3.42. The van der Waals surface area contributed by atoms with Gasteiger partial charge in [-0.15, -0.1) is 0 Å². The van der Waals surface area contributed by atoms with Crippen LogP contribution in [0.5, 0.6) is 0 Å². The number of nitrogens with one attached hydrogen (secondary N) is 2. The van der Waals surface area contributed by atoms with E-state index in [0.29, 0.717) is 22.9 Å². The van der Waals surface area contributed by atoms with Crippen molar-refractivity contribution in [1.29, 1.82) is 0 Å². The average molecular weight is 358 g/mol. The van der Waals surface area contributed by atoms with Gasteiger partial charge < -0.3 is 15.1 Å². The molecule has 3 aliphatic rings. The molecule has 2 aromatic heterocycles. The van der Waals surface area contributed by atoms with Crippen LogP contribution >= 0.6 is 11.5 Å². The number of nitrogens with zero attached hydrogens (tertiary/aromatic N) is 2. The second-order valence-electron chi connectivity index (χ2n) is 7.76. The monoisotopic (exact) mass is 358 g/mol. The lowest BCUT2D eigenvalue weighted by Crippen LogP contribution is -2.38. The van der Waals surface area contributed by atoms with E-state index in [0.717, 1.165) is 36.6 Å². The third-order valence-electron chi connectivity index (χ3n) is 5.97. The second-order valence-corrected chi connectivity index (χ2v) is 8.51. The van der Waals surface area contributed by atoms with Crippen molar-refractivity contribution in [3.05, 3.63) is 30.0 Å². The number of hydrogen-bond donors (Lipinski definition) is 2. The first kappa shape index (κ1) is 15.4. The lowest BCUT2D eigenvalue weighted by atomic mass is 9.82. The number of anilines is 1. The van der Waals surface area contributed by atoms with Crippen LogP contribution in [0.2, 0.25) is 0 Å². The van der Waals surface area contributed by atoms with Crippen LogP contribution in [0.25, 0.3) is 0 Å². The minimum atomic E-state index is -0.0263. The number of hydrogen-bond acceptors (Lipinski definition) is 6. The molecule has 3 saturated carbocycles. The molecule has 132 valence electrons. The topological polar surface area (TPSA) is 80.0 Å². The van der Waals surface area contributed by atoms with Gasteiger partial charge in [0, 0.05) is 29.5 Å². The first-order valence-electron chi connectivity index (χ1n) is 9.15. The highest BCUT2D eigenvalue weighted by molar-refractivity contribution is 7.09. The number of carbonyl (C=O) groups is 1. The summed E-state index contributed by atoms with van der Waals surface area (Å²) in [6.07, 6.45) is 11.2. The van der Waals surface area contributed by atoms with Gasteiger partial charge in [0.1, 0.15) is 12.1 Å². The van der Waals surface area contributed by atoms with E-state index in [-0.39, 0.29) is 11.9 Å². The van der Waals surface area contributed by atoms with Crippen molar-refractivity contribution in [2.45, 2.75) is 62.9 Å². The Morgan fingerprint density at radius 2 is 2.12 bits per heavy atom. The standard InChI is InChI=1S/C18H22N4O2S/c23-16(12-5-8-24-10-12)19-13-3-6-18(7-4-13)9-14(18)20-17-21-15(22-25-17)11-1-2-11/h5,8,10-11,13-14H,1-4,6-7,9H2,(H,19,23)(H,20,21,22). The van der Waals surface area contributed by atoms with Crippen LogP contribution in [0.1, 0.15) is 67.0 Å². The maximum Gasteiger partial charge on any atom is 0.254 e. The zero-order valence-corrected chi connectivity index (χ0v) is 14.8. The lowest BCUT2D eigenvalue weighted by Gasteiger charge is -2.30. The predicted molar refractivity (Wildman–Crippen MR) is 94.8 cm³/mol. The zero-order valence-electron chi connectivity index (χ0n) is 14.0. The van der Waals surface area contributed by atoms with Crippen LogP contribution in [-0.4, -0.2) is 27.3 Å². The zero-order chi connectivity index (χ0) is 16.9. The smallest absolute Gasteiger partial charge is 0.254 e. The van der Waals surface area contributed by atoms with E-state index < -0.39 is 0 Å². The third kappa shape index (κ3) is 3.05. The predicted octanol–water partition coefficient (Wildman–Crippen LogP) is 3.55. The summed E-state index contributed by atoms with van der Waals surface area (Å²) in [5, 5.41) is 7.72. The summed E-state index contributed by atoms with van der Waals surface area (Å²) < 4.78 is 9.45. The molecule has 0 radical (unpaired) electrons. The summed E-state index contributed by atoms with van der Waals surface area (Å²) in [5.41, 5.74) is 1.01. The maximum atomic E-state index is 12.1. The van der Waals surface area contributed by atoms with Gasteiger partial charge in [-0.25, -0.2) is 4.98 Å². The summed E-state index contributed by atoms with van der Waals surface area (Å²) in [6.45, 7) is 0. The van der Waals surface area contributed by atoms with E-state index in [4.69, 9.17) is 4.42 Å². The Morgan fingerprint density at radius 1 is 1.28 bits per heavy atom. The molecule has 25 heavy (non-hydrogen) atoms. The van der Waals surface area contributed by atoms with Gasteiger partial charge in [0.05, 0.1) is 11.8 Å². The molecule has 1 atom stereocenters. The largest absolute Gasteiger partial charge is 0.472 e. The first-order valence-corrected chi connectivity index (χ1v) is 9.92. The molecule has 3 aliphatic carbocycles. The molecular weight excluding hydrogens is 336 g/mol. The summed E-state index contributed by atoms with van der Waals surface area (Å²) in [5.74, 6) is 1.63. The fraction of sp³-hybridized carbons (Fsp3) is 0.611. The van der Waals surface area contributed by atoms with E-state index in [9.17, 15) is 4.79 Å². The van der Waals surface area contributed by atoms with Gasteiger partial charge in [-0.1, -0.05) is 0 Å². The SMILES string of the molecule is O=C(NC1CCC2(CC1)CC2Nc1nc(C2CC2)ns1)c1ccoc1. The summed E-state index contributed by atoms with van der Waals surface area (Å²) in [6, 6.07) is 2.51. The van der Waals surface area contributed by atoms with Crippen molar-refractivity contribution in [3.8, 4) is 0 Å². The number of amides is 1. The molecule has 1 unspecified atom stereocenters. The fourth-order valence-corrected chi connectivity index (χ4v) is 4.75. The molecule has 2 heterocycles. The highest BCUT2D eigenvalue weighted by Crippen LogP contribution is 2.57. The Hall–Kier alpha value is -1.89. The van der Waals surface area contributed by atoms with Crippen molar-refractivity contribution >= 4 is 22.6 Å². The van der Waals surface area contributed by atoms with E-state index in [1.54, 1.807) is 6.07 Å². The minimum absolute atomic E-state index is 0.0263. The van der Waals surface area contributed by atoms with E-state index >= 15 is 0 Å². The Labute approximate surface area is 150 Å². The van der Waals surface area contributed by atoms with Crippen LogP contribution in [0.4, 0.5) is 5.13 Å². The molecule has 3 fully saturated rings. The molecule has 5 rings (SSSR count). The lowest BCUT2D eigenvalue weighted by molar-refractivity contribution is 0.0918. The van der Waals surface area contributed by atoms with Gasteiger partial charge in [0.25, 0.3) is 5.91 Å². The van der Waals surface area contributed by atoms with Crippen LogP contribution in [0, 0.1) is 5.41 Å². The molecule has 0 bridgehead atoms. The third-order valence-corrected chi connectivity index (χ3v) is 6.63. The van der Waals surface area contributed by atoms with E-state index in [1.165, 1.54) is 43.3 Å². The molecule has 1 spiro atoms. The molecule has 7 heteroatoms. The molecule has 0 saturated heterocycles. The van der Waals surface area contributed by atoms with E-state index in [1.807, 2.05) is 0 Å². The summed E-state index contributed by atoms with van der Waals surface area (Å²) in [4.78, 5) is 16.8. The van der Waals surface area contributed by atoms with Crippen molar-refractivity contribution in [1.82, 2.24) is 14.7 Å². The summed E-state index contributed by atoms with van der Waals surface area (Å²) in [7, 11) is 0. The molecule has 0 aromatic carbocycles. The molecule has 6 nitrogen and oxygen atoms in total. The number of aromatic nitrogens is 2. The van der Waals surface area contributed by atoms with E-state index in [2.05, 4.69) is 20.0 Å². The quantitative estimate of drug-likeness (QED) is 0.854. The Morgan fingerprint density at radius 3 is 2.84 bits per heavy atom. The van der Waals surface area contributed by atoms with Crippen molar-refractivity contribution in [3.63, 3.8) is 0 Å². The van der Waals surface area contributed by atoms with Gasteiger partial charge in [-0.3, -0.25) is 4.79 Å². The number of furan rings is 1. The van der Waals surface area contributed by atoms with Crippen molar-refractivity contribution in [2.75, 3.05) is 5.32 Å². The van der Waals surface area contributed by atoms with Crippen LogP contribution in [0.3, 0.4) is 0 Å². The normalized spacial score (nSPS) is 31.0. The highest BCUT2D eigenvalue weighted by atomic mass is 32.1. The van der Waals surface area contributed by atoms with Gasteiger partial charge >= 0.3 is 0 Å². The first-order chi connectivity index (χ1) is 12.2. The molecule has 2 aromatic rings.